The van der Waals surface area contributed by atoms with Crippen LogP contribution >= 0.6 is 0 Å². The average Bonchev–Trinajstić information content (AvgIpc) is 1.96. The van der Waals surface area contributed by atoms with Crippen LogP contribution in [0.5, 0.6) is 0 Å². The van der Waals surface area contributed by atoms with Crippen LogP contribution in [0, 0.1) is 11.8 Å². The fourth-order valence-corrected chi connectivity index (χ4v) is 3.05. The van der Waals surface area contributed by atoms with E-state index in [-0.39, 0.29) is 0 Å². The van der Waals surface area contributed by atoms with Gasteiger partial charge in [-0.25, -0.2) is 8.42 Å². The third kappa shape index (κ3) is 2.47. The van der Waals surface area contributed by atoms with E-state index in [1.807, 2.05) is 0 Å². The molecule has 0 spiro atoms. The molecular formula is C9H18O2S. The zero-order chi connectivity index (χ0) is 9.19. The lowest BCUT2D eigenvalue weighted by atomic mass is 9.75. The Morgan fingerprint density at radius 2 is 1.75 bits per heavy atom. The summed E-state index contributed by atoms with van der Waals surface area (Å²) >= 11 is 0. The first-order valence-electron chi connectivity index (χ1n) is 4.77. The molecule has 0 N–H and O–H groups in total. The minimum Gasteiger partial charge on any atom is -0.229 e. The summed E-state index contributed by atoms with van der Waals surface area (Å²) in [6.07, 6.45) is 3.48. The Morgan fingerprint density at radius 3 is 2.17 bits per heavy atom. The Bertz CT molecular complexity index is 225. The standard InChI is InChI=1S/C9H18O2S/c1-3-8-5-9(6-8)7-12(10,11)4-2/h8-9H,3-7H2,1-2H3. The molecule has 0 radical (unpaired) electrons. The van der Waals surface area contributed by atoms with Gasteiger partial charge in [0.15, 0.2) is 0 Å². The van der Waals surface area contributed by atoms with Crippen molar-refractivity contribution in [1.82, 2.24) is 0 Å². The minimum absolute atomic E-state index is 0.306. The first kappa shape index (κ1) is 10.0. The van der Waals surface area contributed by atoms with Gasteiger partial charge in [0, 0.05) is 5.75 Å². The van der Waals surface area contributed by atoms with Gasteiger partial charge in [-0.15, -0.1) is 0 Å². The van der Waals surface area contributed by atoms with E-state index in [4.69, 9.17) is 0 Å². The van der Waals surface area contributed by atoms with Gasteiger partial charge in [0.2, 0.25) is 0 Å². The highest BCUT2D eigenvalue weighted by Crippen LogP contribution is 2.36. The molecule has 1 rings (SSSR count). The summed E-state index contributed by atoms with van der Waals surface area (Å²) in [5.74, 6) is 2.02. The van der Waals surface area contributed by atoms with Crippen LogP contribution in [0.25, 0.3) is 0 Å². The highest BCUT2D eigenvalue weighted by atomic mass is 32.2. The van der Waals surface area contributed by atoms with Gasteiger partial charge in [0.1, 0.15) is 9.84 Å². The van der Waals surface area contributed by atoms with Crippen molar-refractivity contribution in [2.45, 2.75) is 33.1 Å². The maximum atomic E-state index is 11.2. The van der Waals surface area contributed by atoms with Crippen molar-refractivity contribution in [3.8, 4) is 0 Å². The van der Waals surface area contributed by atoms with E-state index in [0.29, 0.717) is 17.4 Å². The lowest BCUT2D eigenvalue weighted by Gasteiger charge is -2.34. The summed E-state index contributed by atoms with van der Waals surface area (Å²) in [7, 11) is -2.71. The van der Waals surface area contributed by atoms with E-state index in [9.17, 15) is 8.42 Å². The molecule has 72 valence electrons. The normalized spacial score (nSPS) is 29.8. The van der Waals surface area contributed by atoms with E-state index < -0.39 is 9.84 Å². The van der Waals surface area contributed by atoms with Gasteiger partial charge in [-0.1, -0.05) is 20.3 Å². The lowest BCUT2D eigenvalue weighted by molar-refractivity contribution is 0.208. The second-order valence-corrected chi connectivity index (χ2v) is 6.21. The van der Waals surface area contributed by atoms with Crippen molar-refractivity contribution < 1.29 is 8.42 Å². The quantitative estimate of drug-likeness (QED) is 0.678. The molecule has 1 aliphatic carbocycles. The zero-order valence-corrected chi connectivity index (χ0v) is 8.73. The Kier molecular flexibility index (Phi) is 3.16. The second-order valence-electron chi connectivity index (χ2n) is 3.81. The van der Waals surface area contributed by atoms with Crippen LogP contribution in [0.3, 0.4) is 0 Å². The molecule has 0 amide bonds. The predicted octanol–water partition coefficient (Wildman–Crippen LogP) is 1.86. The first-order chi connectivity index (χ1) is 5.57. The Morgan fingerprint density at radius 1 is 1.17 bits per heavy atom. The summed E-state index contributed by atoms with van der Waals surface area (Å²) < 4.78 is 22.4. The first-order valence-corrected chi connectivity index (χ1v) is 6.60. The molecule has 12 heavy (non-hydrogen) atoms. The number of hydrogen-bond acceptors (Lipinski definition) is 2. The van der Waals surface area contributed by atoms with Gasteiger partial charge >= 0.3 is 0 Å². The molecule has 0 aliphatic heterocycles. The third-order valence-corrected chi connectivity index (χ3v) is 4.70. The predicted molar refractivity (Wildman–Crippen MR) is 50.8 cm³/mol. The molecule has 0 saturated heterocycles. The topological polar surface area (TPSA) is 34.1 Å². The summed E-state index contributed by atoms with van der Waals surface area (Å²) in [4.78, 5) is 0. The molecular weight excluding hydrogens is 172 g/mol. The van der Waals surface area contributed by atoms with Crippen LogP contribution in [0.1, 0.15) is 33.1 Å². The molecule has 1 saturated carbocycles. The molecule has 0 atom stereocenters. The minimum atomic E-state index is -2.71. The zero-order valence-electron chi connectivity index (χ0n) is 7.91. The summed E-state index contributed by atoms with van der Waals surface area (Å²) in [6, 6.07) is 0. The van der Waals surface area contributed by atoms with Crippen LogP contribution in [-0.2, 0) is 9.84 Å². The molecule has 3 heteroatoms. The van der Waals surface area contributed by atoms with Crippen molar-refractivity contribution in [3.05, 3.63) is 0 Å². The smallest absolute Gasteiger partial charge is 0.150 e. The van der Waals surface area contributed by atoms with E-state index >= 15 is 0 Å². The maximum absolute atomic E-state index is 11.2. The molecule has 1 aliphatic rings. The lowest BCUT2D eigenvalue weighted by Crippen LogP contribution is -2.30. The largest absolute Gasteiger partial charge is 0.229 e. The molecule has 0 aromatic heterocycles. The van der Waals surface area contributed by atoms with Crippen LogP contribution in [0.15, 0.2) is 0 Å². The highest BCUT2D eigenvalue weighted by Gasteiger charge is 2.30. The molecule has 0 heterocycles. The summed E-state index contributed by atoms with van der Waals surface area (Å²) in [6.45, 7) is 3.90. The van der Waals surface area contributed by atoms with Crippen LogP contribution in [-0.4, -0.2) is 19.9 Å². The van der Waals surface area contributed by atoms with Crippen molar-refractivity contribution in [2.24, 2.45) is 11.8 Å². The van der Waals surface area contributed by atoms with Gasteiger partial charge in [0.25, 0.3) is 0 Å². The fraction of sp³-hybridized carbons (Fsp3) is 1.00. The Labute approximate surface area is 75.3 Å². The summed E-state index contributed by atoms with van der Waals surface area (Å²) in [5.41, 5.74) is 0. The van der Waals surface area contributed by atoms with E-state index in [1.165, 1.54) is 6.42 Å². The van der Waals surface area contributed by atoms with E-state index in [2.05, 4.69) is 6.92 Å². The van der Waals surface area contributed by atoms with Gasteiger partial charge in [-0.05, 0) is 24.7 Å². The number of hydrogen-bond donors (Lipinski definition) is 0. The SMILES string of the molecule is CCC1CC(CS(=O)(=O)CC)C1. The van der Waals surface area contributed by atoms with Crippen molar-refractivity contribution >= 4 is 9.84 Å². The summed E-state index contributed by atoms with van der Waals surface area (Å²) in [5, 5.41) is 0. The molecule has 0 aromatic carbocycles. The van der Waals surface area contributed by atoms with Crippen molar-refractivity contribution in [1.29, 1.82) is 0 Å². The van der Waals surface area contributed by atoms with Crippen LogP contribution in [0.2, 0.25) is 0 Å². The van der Waals surface area contributed by atoms with Gasteiger partial charge < -0.3 is 0 Å². The molecule has 0 aromatic rings. The van der Waals surface area contributed by atoms with Crippen molar-refractivity contribution in [2.75, 3.05) is 11.5 Å². The van der Waals surface area contributed by atoms with Crippen LogP contribution in [0.4, 0.5) is 0 Å². The molecule has 0 unspecified atom stereocenters. The maximum Gasteiger partial charge on any atom is 0.150 e. The monoisotopic (exact) mass is 190 g/mol. The van der Waals surface area contributed by atoms with Crippen LogP contribution < -0.4 is 0 Å². The van der Waals surface area contributed by atoms with Crippen molar-refractivity contribution in [3.63, 3.8) is 0 Å². The van der Waals surface area contributed by atoms with Gasteiger partial charge in [-0.3, -0.25) is 0 Å². The number of rotatable bonds is 4. The Hall–Kier alpha value is -0.0500. The second kappa shape index (κ2) is 3.77. The fourth-order valence-electron chi connectivity index (χ4n) is 1.82. The highest BCUT2D eigenvalue weighted by molar-refractivity contribution is 7.91. The van der Waals surface area contributed by atoms with E-state index in [0.717, 1.165) is 18.8 Å². The third-order valence-electron chi connectivity index (χ3n) is 2.84. The van der Waals surface area contributed by atoms with Gasteiger partial charge in [0.05, 0.1) is 5.75 Å². The Balaban J connectivity index is 2.28. The van der Waals surface area contributed by atoms with E-state index in [1.54, 1.807) is 6.92 Å². The van der Waals surface area contributed by atoms with Gasteiger partial charge in [-0.2, -0.15) is 0 Å². The molecule has 0 bridgehead atoms. The average molecular weight is 190 g/mol. The molecule has 1 fully saturated rings. The number of sulfone groups is 1. The molecule has 2 nitrogen and oxygen atoms in total.